The molecule has 0 aliphatic heterocycles. The van der Waals surface area contributed by atoms with E-state index in [-0.39, 0.29) is 0 Å². The Balaban J connectivity index is 1.14. The zero-order valence-electron chi connectivity index (χ0n) is 29.4. The van der Waals surface area contributed by atoms with Crippen LogP contribution in [0.15, 0.2) is 200 Å². The number of hydrogen-bond acceptors (Lipinski definition) is 3. The first-order valence-corrected chi connectivity index (χ1v) is 18.3. The first-order chi connectivity index (χ1) is 26.8. The number of benzene rings is 9. The maximum atomic E-state index is 5.20. The van der Waals surface area contributed by atoms with Gasteiger partial charge in [0.2, 0.25) is 0 Å². The lowest BCUT2D eigenvalue weighted by molar-refractivity contribution is 1.07. The monoisotopic (exact) mass is 687 g/mol. The fourth-order valence-corrected chi connectivity index (χ4v) is 7.66. The van der Waals surface area contributed by atoms with E-state index in [4.69, 9.17) is 15.0 Å². The molecule has 0 saturated carbocycles. The molecule has 0 aliphatic carbocycles. The van der Waals surface area contributed by atoms with E-state index in [1.54, 1.807) is 0 Å². The van der Waals surface area contributed by atoms with Gasteiger partial charge in [0.15, 0.2) is 17.5 Å². The van der Waals surface area contributed by atoms with Gasteiger partial charge >= 0.3 is 0 Å². The van der Waals surface area contributed by atoms with Crippen LogP contribution in [0.4, 0.5) is 0 Å². The Labute approximate surface area is 313 Å². The molecular formula is C51H33N3. The van der Waals surface area contributed by atoms with Gasteiger partial charge in [0.05, 0.1) is 0 Å². The molecule has 10 aromatic rings. The van der Waals surface area contributed by atoms with Crippen molar-refractivity contribution in [3.63, 3.8) is 0 Å². The van der Waals surface area contributed by atoms with E-state index < -0.39 is 0 Å². The lowest BCUT2D eigenvalue weighted by atomic mass is 9.89. The van der Waals surface area contributed by atoms with E-state index >= 15 is 0 Å². The van der Waals surface area contributed by atoms with Crippen molar-refractivity contribution in [2.75, 3.05) is 0 Å². The van der Waals surface area contributed by atoms with Crippen LogP contribution in [-0.4, -0.2) is 15.0 Å². The Bertz CT molecular complexity index is 2960. The van der Waals surface area contributed by atoms with E-state index in [0.29, 0.717) is 17.5 Å². The molecule has 0 amide bonds. The molecule has 0 atom stereocenters. The lowest BCUT2D eigenvalue weighted by Crippen LogP contribution is -2.01. The van der Waals surface area contributed by atoms with E-state index in [9.17, 15) is 0 Å². The average Bonchev–Trinajstić information content (AvgIpc) is 3.26. The van der Waals surface area contributed by atoms with Crippen LogP contribution in [-0.2, 0) is 0 Å². The topological polar surface area (TPSA) is 38.7 Å². The summed E-state index contributed by atoms with van der Waals surface area (Å²) in [6, 6.07) is 70.6. The van der Waals surface area contributed by atoms with Gasteiger partial charge in [-0.3, -0.25) is 0 Å². The summed E-state index contributed by atoms with van der Waals surface area (Å²) in [7, 11) is 0. The molecule has 0 saturated heterocycles. The van der Waals surface area contributed by atoms with Crippen molar-refractivity contribution < 1.29 is 0 Å². The molecule has 0 bridgehead atoms. The minimum absolute atomic E-state index is 0.630. The van der Waals surface area contributed by atoms with Crippen LogP contribution in [0.25, 0.3) is 99.9 Å². The molecule has 0 radical (unpaired) electrons. The highest BCUT2D eigenvalue weighted by Gasteiger charge is 2.18. The van der Waals surface area contributed by atoms with Crippen LogP contribution in [0.5, 0.6) is 0 Å². The second kappa shape index (κ2) is 13.4. The summed E-state index contributed by atoms with van der Waals surface area (Å²) in [5, 5.41) is 7.45. The van der Waals surface area contributed by atoms with Crippen LogP contribution < -0.4 is 0 Å². The number of aromatic nitrogens is 3. The highest BCUT2D eigenvalue weighted by molar-refractivity contribution is 6.20. The molecule has 3 nitrogen and oxygen atoms in total. The van der Waals surface area contributed by atoms with E-state index in [1.807, 2.05) is 30.3 Å². The SMILES string of the molecule is c1ccc(-c2ccc(-c3nc(-c4ccccc4)nc(-c4ccc(-c5c6ccccc6cc6c5ccc5ccccc56)cc4)n3)c(-c3ccccc3)c2)cc1. The molecule has 252 valence electrons. The fraction of sp³-hybridized carbons (Fsp3) is 0. The van der Waals surface area contributed by atoms with Crippen LogP contribution in [0.3, 0.4) is 0 Å². The van der Waals surface area contributed by atoms with Crippen molar-refractivity contribution in [2.45, 2.75) is 0 Å². The molecule has 3 heteroatoms. The van der Waals surface area contributed by atoms with Crippen molar-refractivity contribution in [2.24, 2.45) is 0 Å². The number of rotatable bonds is 6. The summed E-state index contributed by atoms with van der Waals surface area (Å²) >= 11 is 0. The Morgan fingerprint density at radius 2 is 0.759 bits per heavy atom. The van der Waals surface area contributed by atoms with Gasteiger partial charge in [-0.2, -0.15) is 0 Å². The average molecular weight is 688 g/mol. The second-order valence-electron chi connectivity index (χ2n) is 13.6. The number of fused-ring (bicyclic) bond motifs is 4. The molecule has 54 heavy (non-hydrogen) atoms. The Morgan fingerprint density at radius 1 is 0.241 bits per heavy atom. The van der Waals surface area contributed by atoms with Gasteiger partial charge in [-0.15, -0.1) is 0 Å². The molecule has 10 rings (SSSR count). The van der Waals surface area contributed by atoms with E-state index in [2.05, 4.69) is 170 Å². The highest BCUT2D eigenvalue weighted by atomic mass is 15.0. The third-order valence-corrected chi connectivity index (χ3v) is 10.3. The minimum atomic E-state index is 0.630. The van der Waals surface area contributed by atoms with Crippen LogP contribution in [0.2, 0.25) is 0 Å². The summed E-state index contributed by atoms with van der Waals surface area (Å²) in [6.07, 6.45) is 0. The van der Waals surface area contributed by atoms with Gasteiger partial charge in [0.25, 0.3) is 0 Å². The standard InChI is InChI=1S/C51H33N3/c1-4-14-34(15-5-1)40-29-31-45(46(32-40)35-16-6-2-7-17-35)51-53-49(38-19-8-3-9-20-38)52-50(54-51)39-26-24-37(25-27-39)48-43-23-13-11-21-41(43)33-47-42-22-12-10-18-36(42)28-30-44(47)48/h1-33H. The third-order valence-electron chi connectivity index (χ3n) is 10.3. The van der Waals surface area contributed by atoms with Gasteiger partial charge in [-0.05, 0) is 83.9 Å². The lowest BCUT2D eigenvalue weighted by Gasteiger charge is -2.15. The molecule has 1 heterocycles. The molecule has 1 aromatic heterocycles. The summed E-state index contributed by atoms with van der Waals surface area (Å²) in [5.74, 6) is 1.90. The quantitative estimate of drug-likeness (QED) is 0.129. The van der Waals surface area contributed by atoms with E-state index in [1.165, 1.54) is 37.9 Å². The minimum Gasteiger partial charge on any atom is -0.208 e. The van der Waals surface area contributed by atoms with Crippen LogP contribution >= 0.6 is 0 Å². The first kappa shape index (κ1) is 31.5. The highest BCUT2D eigenvalue weighted by Crippen LogP contribution is 2.40. The van der Waals surface area contributed by atoms with Crippen molar-refractivity contribution in [3.05, 3.63) is 200 Å². The van der Waals surface area contributed by atoms with Crippen molar-refractivity contribution in [3.8, 4) is 67.5 Å². The van der Waals surface area contributed by atoms with Crippen molar-refractivity contribution >= 4 is 32.3 Å². The van der Waals surface area contributed by atoms with Gasteiger partial charge in [-0.1, -0.05) is 182 Å². The smallest absolute Gasteiger partial charge is 0.164 e. The summed E-state index contributed by atoms with van der Waals surface area (Å²) in [4.78, 5) is 15.4. The Morgan fingerprint density at radius 3 is 1.46 bits per heavy atom. The van der Waals surface area contributed by atoms with Crippen LogP contribution in [0, 0.1) is 0 Å². The molecule has 9 aromatic carbocycles. The number of nitrogens with zero attached hydrogens (tertiary/aromatic N) is 3. The molecular weight excluding hydrogens is 655 g/mol. The van der Waals surface area contributed by atoms with E-state index in [0.717, 1.165) is 44.5 Å². The first-order valence-electron chi connectivity index (χ1n) is 18.3. The molecule has 0 N–H and O–H groups in total. The van der Waals surface area contributed by atoms with Gasteiger partial charge in [0.1, 0.15) is 0 Å². The van der Waals surface area contributed by atoms with Crippen LogP contribution in [0.1, 0.15) is 0 Å². The predicted molar refractivity (Wildman–Crippen MR) is 225 cm³/mol. The van der Waals surface area contributed by atoms with Gasteiger partial charge < -0.3 is 0 Å². The van der Waals surface area contributed by atoms with Crippen molar-refractivity contribution in [1.82, 2.24) is 15.0 Å². The molecule has 0 spiro atoms. The normalized spacial score (nSPS) is 11.3. The third kappa shape index (κ3) is 5.69. The predicted octanol–water partition coefficient (Wildman–Crippen LogP) is 13.3. The zero-order valence-corrected chi connectivity index (χ0v) is 29.4. The largest absolute Gasteiger partial charge is 0.208 e. The maximum absolute atomic E-state index is 5.20. The number of hydrogen-bond donors (Lipinski definition) is 0. The Kier molecular flexibility index (Phi) is 7.81. The molecule has 0 unspecified atom stereocenters. The summed E-state index contributed by atoms with van der Waals surface area (Å²) < 4.78 is 0. The molecule has 0 fully saturated rings. The van der Waals surface area contributed by atoms with Gasteiger partial charge in [0, 0.05) is 16.7 Å². The summed E-state index contributed by atoms with van der Waals surface area (Å²) in [5.41, 5.74) is 9.67. The Hall–Kier alpha value is -7.23. The second-order valence-corrected chi connectivity index (χ2v) is 13.6. The zero-order chi connectivity index (χ0) is 35.8. The fourth-order valence-electron chi connectivity index (χ4n) is 7.66. The maximum Gasteiger partial charge on any atom is 0.164 e. The molecule has 0 aliphatic rings. The summed E-state index contributed by atoms with van der Waals surface area (Å²) in [6.45, 7) is 0. The van der Waals surface area contributed by atoms with Crippen molar-refractivity contribution in [1.29, 1.82) is 0 Å². The van der Waals surface area contributed by atoms with Gasteiger partial charge in [-0.25, -0.2) is 15.0 Å².